The van der Waals surface area contributed by atoms with Crippen LogP contribution in [-0.2, 0) is 0 Å². The molecule has 0 radical (unpaired) electrons. The number of amides is 1. The number of hydrogen-bond donors (Lipinski definition) is 3. The number of benzene rings is 2. The fraction of sp³-hybridized carbons (Fsp3) is 0.167. The topological polar surface area (TPSA) is 140 Å². The first-order valence-electron chi connectivity index (χ1n) is 8.16. The third kappa shape index (κ3) is 3.61. The van der Waals surface area contributed by atoms with Crippen LogP contribution in [0, 0.1) is 0 Å². The van der Waals surface area contributed by atoms with Crippen LogP contribution >= 0.6 is 0 Å². The van der Waals surface area contributed by atoms with Gasteiger partial charge in [-0.25, -0.2) is 0 Å². The van der Waals surface area contributed by atoms with Gasteiger partial charge in [-0.2, -0.15) is 9.67 Å². The molecule has 2 aromatic carbocycles. The summed E-state index contributed by atoms with van der Waals surface area (Å²) >= 11 is 0. The summed E-state index contributed by atoms with van der Waals surface area (Å²) in [7, 11) is 4.59. The van der Waals surface area contributed by atoms with E-state index in [0.717, 1.165) is 0 Å². The van der Waals surface area contributed by atoms with E-state index in [1.807, 2.05) is 0 Å². The first-order chi connectivity index (χ1) is 13.5. The largest absolute Gasteiger partial charge is 0.493 e. The number of aromatic nitrogens is 3. The van der Waals surface area contributed by atoms with E-state index >= 15 is 0 Å². The van der Waals surface area contributed by atoms with Gasteiger partial charge >= 0.3 is 0 Å². The van der Waals surface area contributed by atoms with Crippen LogP contribution in [0.5, 0.6) is 17.2 Å². The van der Waals surface area contributed by atoms with E-state index in [4.69, 9.17) is 25.7 Å². The standard InChI is InChI=1S/C18H20N6O4/c1-26-13-8-11(9-14(27-2)15(13)28-3)21-18-22-17(20)24(23-18)12-6-4-10(5-7-12)16(19)25/h4-9H,1-3H3,(H2,19,25)(H3,20,21,22,23). The molecule has 0 bridgehead atoms. The molecule has 0 aliphatic rings. The Hall–Kier alpha value is -3.95. The zero-order chi connectivity index (χ0) is 20.3. The van der Waals surface area contributed by atoms with E-state index in [2.05, 4.69) is 15.4 Å². The maximum Gasteiger partial charge on any atom is 0.248 e. The van der Waals surface area contributed by atoms with Gasteiger partial charge in [0.1, 0.15) is 0 Å². The highest BCUT2D eigenvalue weighted by Gasteiger charge is 2.15. The summed E-state index contributed by atoms with van der Waals surface area (Å²) in [6.45, 7) is 0. The van der Waals surface area contributed by atoms with Crippen molar-refractivity contribution in [2.75, 3.05) is 32.4 Å². The minimum atomic E-state index is -0.511. The third-order valence-electron chi connectivity index (χ3n) is 3.95. The van der Waals surface area contributed by atoms with E-state index in [-0.39, 0.29) is 11.9 Å². The summed E-state index contributed by atoms with van der Waals surface area (Å²) in [5.41, 5.74) is 12.9. The van der Waals surface area contributed by atoms with E-state index < -0.39 is 5.91 Å². The number of carbonyl (C=O) groups excluding carboxylic acids is 1. The monoisotopic (exact) mass is 384 g/mol. The summed E-state index contributed by atoms with van der Waals surface area (Å²) in [6, 6.07) is 9.97. The molecule has 1 amide bonds. The van der Waals surface area contributed by atoms with Crippen molar-refractivity contribution in [3.63, 3.8) is 0 Å². The number of nitrogens with one attached hydrogen (secondary N) is 1. The highest BCUT2D eigenvalue weighted by Crippen LogP contribution is 2.40. The molecule has 10 nitrogen and oxygen atoms in total. The van der Waals surface area contributed by atoms with Crippen molar-refractivity contribution in [3.05, 3.63) is 42.0 Å². The molecule has 0 unspecified atom stereocenters. The van der Waals surface area contributed by atoms with Crippen molar-refractivity contribution < 1.29 is 19.0 Å². The molecule has 3 aromatic rings. The maximum absolute atomic E-state index is 11.2. The zero-order valence-corrected chi connectivity index (χ0v) is 15.6. The third-order valence-corrected chi connectivity index (χ3v) is 3.95. The SMILES string of the molecule is COc1cc(Nc2nc(N)n(-c3ccc(C(N)=O)cc3)n2)cc(OC)c1OC. The van der Waals surface area contributed by atoms with Gasteiger partial charge in [0.25, 0.3) is 0 Å². The molecule has 28 heavy (non-hydrogen) atoms. The Labute approximate surface area is 161 Å². The Morgan fingerprint density at radius 1 is 1.04 bits per heavy atom. The second-order valence-electron chi connectivity index (χ2n) is 5.66. The molecule has 1 heterocycles. The number of ether oxygens (including phenoxy) is 3. The summed E-state index contributed by atoms with van der Waals surface area (Å²) in [6.07, 6.45) is 0. The van der Waals surface area contributed by atoms with Gasteiger partial charge in [-0.15, -0.1) is 5.10 Å². The van der Waals surface area contributed by atoms with Gasteiger partial charge in [0.2, 0.25) is 23.6 Å². The van der Waals surface area contributed by atoms with Gasteiger partial charge in [0.05, 0.1) is 27.0 Å². The molecule has 0 saturated carbocycles. The molecule has 0 saturated heterocycles. The molecule has 0 aliphatic carbocycles. The number of nitrogens with two attached hydrogens (primary N) is 2. The lowest BCUT2D eigenvalue weighted by atomic mass is 10.2. The lowest BCUT2D eigenvalue weighted by Crippen LogP contribution is -2.11. The second kappa shape index (κ2) is 7.74. The smallest absolute Gasteiger partial charge is 0.248 e. The number of nitrogens with zero attached hydrogens (tertiary/aromatic N) is 3. The summed E-state index contributed by atoms with van der Waals surface area (Å²) < 4.78 is 17.4. The van der Waals surface area contributed by atoms with Crippen molar-refractivity contribution in [2.24, 2.45) is 5.73 Å². The molecule has 0 spiro atoms. The minimum absolute atomic E-state index is 0.168. The highest BCUT2D eigenvalue weighted by atomic mass is 16.5. The number of hydrogen-bond acceptors (Lipinski definition) is 8. The maximum atomic E-state index is 11.2. The van der Waals surface area contributed by atoms with E-state index in [1.165, 1.54) is 26.0 Å². The molecule has 0 atom stereocenters. The van der Waals surface area contributed by atoms with Crippen LogP contribution in [0.15, 0.2) is 36.4 Å². The Kier molecular flexibility index (Phi) is 5.21. The zero-order valence-electron chi connectivity index (χ0n) is 15.6. The average molecular weight is 384 g/mol. The first kappa shape index (κ1) is 18.8. The molecule has 1 aromatic heterocycles. The van der Waals surface area contributed by atoms with Crippen molar-refractivity contribution in [3.8, 4) is 22.9 Å². The van der Waals surface area contributed by atoms with Gasteiger partial charge in [-0.05, 0) is 24.3 Å². The predicted octanol–water partition coefficient (Wildman–Crippen LogP) is 1.72. The molecule has 0 fully saturated rings. The molecule has 146 valence electrons. The minimum Gasteiger partial charge on any atom is -0.493 e. The van der Waals surface area contributed by atoms with Gasteiger partial charge < -0.3 is 31.0 Å². The molecular formula is C18H20N6O4. The lowest BCUT2D eigenvalue weighted by molar-refractivity contribution is 0.100. The van der Waals surface area contributed by atoms with E-state index in [9.17, 15) is 4.79 Å². The predicted molar refractivity (Wildman–Crippen MR) is 104 cm³/mol. The van der Waals surface area contributed by atoms with Crippen LogP contribution in [0.25, 0.3) is 5.69 Å². The molecule has 3 rings (SSSR count). The molecule has 5 N–H and O–H groups in total. The molecule has 10 heteroatoms. The highest BCUT2D eigenvalue weighted by molar-refractivity contribution is 5.92. The first-order valence-corrected chi connectivity index (χ1v) is 8.16. The number of nitrogen functional groups attached to an aromatic ring is 1. The lowest BCUT2D eigenvalue weighted by Gasteiger charge is -2.14. The van der Waals surface area contributed by atoms with Crippen molar-refractivity contribution >= 4 is 23.5 Å². The molecule has 0 aliphatic heterocycles. The Balaban J connectivity index is 1.90. The van der Waals surface area contributed by atoms with Gasteiger partial charge in [0.15, 0.2) is 11.5 Å². The van der Waals surface area contributed by atoms with Crippen LogP contribution in [-0.4, -0.2) is 42.0 Å². The fourth-order valence-corrected chi connectivity index (χ4v) is 2.62. The van der Waals surface area contributed by atoms with Crippen LogP contribution in [0.4, 0.5) is 17.6 Å². The number of rotatable bonds is 7. The van der Waals surface area contributed by atoms with Gasteiger partial charge in [0, 0.05) is 23.4 Å². The van der Waals surface area contributed by atoms with Gasteiger partial charge in [-0.1, -0.05) is 0 Å². The van der Waals surface area contributed by atoms with Crippen LogP contribution in [0.3, 0.4) is 0 Å². The van der Waals surface area contributed by atoms with Gasteiger partial charge in [-0.3, -0.25) is 4.79 Å². The molecular weight excluding hydrogens is 364 g/mol. The number of carbonyl (C=O) groups is 1. The Bertz CT molecular complexity index is 975. The van der Waals surface area contributed by atoms with Crippen LogP contribution in [0.1, 0.15) is 10.4 Å². The Morgan fingerprint density at radius 3 is 2.14 bits per heavy atom. The second-order valence-corrected chi connectivity index (χ2v) is 5.66. The normalized spacial score (nSPS) is 10.4. The summed E-state index contributed by atoms with van der Waals surface area (Å²) in [4.78, 5) is 15.4. The number of primary amides is 1. The fourth-order valence-electron chi connectivity index (χ4n) is 2.62. The summed E-state index contributed by atoms with van der Waals surface area (Å²) in [5.74, 6) is 1.37. The van der Waals surface area contributed by atoms with Crippen molar-refractivity contribution in [1.29, 1.82) is 0 Å². The average Bonchev–Trinajstić information content (AvgIpc) is 3.07. The summed E-state index contributed by atoms with van der Waals surface area (Å²) in [5, 5.41) is 7.40. The number of anilines is 3. The van der Waals surface area contributed by atoms with Crippen LogP contribution in [0.2, 0.25) is 0 Å². The van der Waals surface area contributed by atoms with Crippen molar-refractivity contribution in [2.45, 2.75) is 0 Å². The van der Waals surface area contributed by atoms with E-state index in [0.29, 0.717) is 34.2 Å². The van der Waals surface area contributed by atoms with Crippen molar-refractivity contribution in [1.82, 2.24) is 14.8 Å². The van der Waals surface area contributed by atoms with Crippen LogP contribution < -0.4 is 31.0 Å². The Morgan fingerprint density at radius 2 is 1.64 bits per heavy atom. The number of methoxy groups -OCH3 is 3. The quantitative estimate of drug-likeness (QED) is 0.559. The van der Waals surface area contributed by atoms with E-state index in [1.54, 1.807) is 36.4 Å².